The van der Waals surface area contributed by atoms with Gasteiger partial charge in [0.05, 0.1) is 5.56 Å². The minimum absolute atomic E-state index is 0.372. The number of fused-ring (bicyclic) bond motifs is 1. The zero-order valence-corrected chi connectivity index (χ0v) is 8.61. The summed E-state index contributed by atoms with van der Waals surface area (Å²) in [7, 11) is 0. The van der Waals surface area contributed by atoms with Gasteiger partial charge in [-0.25, -0.2) is 0 Å². The lowest BCUT2D eigenvalue weighted by Crippen LogP contribution is -2.09. The first kappa shape index (κ1) is 9.77. The van der Waals surface area contributed by atoms with E-state index >= 15 is 0 Å². The van der Waals surface area contributed by atoms with Crippen LogP contribution in [0.1, 0.15) is 16.7 Å². The third-order valence-electron chi connectivity index (χ3n) is 2.17. The molecule has 0 bridgehead atoms. The number of benzene rings is 1. The maximum Gasteiger partial charge on any atom is 0.416 e. The summed E-state index contributed by atoms with van der Waals surface area (Å²) in [6.45, 7) is 0. The molecule has 14 heavy (non-hydrogen) atoms. The maximum absolute atomic E-state index is 12.6. The van der Waals surface area contributed by atoms with E-state index in [4.69, 9.17) is 0 Å². The second-order valence-corrected chi connectivity index (χ2v) is 4.04. The fourth-order valence-corrected chi connectivity index (χ4v) is 2.07. The number of hydrogen-bond donors (Lipinski definition) is 0. The molecule has 1 aromatic carbocycles. The number of hydrogen-bond acceptors (Lipinski definition) is 0. The van der Waals surface area contributed by atoms with E-state index in [1.165, 1.54) is 0 Å². The van der Waals surface area contributed by atoms with Crippen LogP contribution in [0, 0.1) is 0 Å². The van der Waals surface area contributed by atoms with E-state index in [1.54, 1.807) is 18.2 Å². The van der Waals surface area contributed by atoms with E-state index in [-0.39, 0.29) is 0 Å². The Morgan fingerprint density at radius 2 is 1.93 bits per heavy atom. The van der Waals surface area contributed by atoms with E-state index in [0.717, 1.165) is 6.07 Å². The Hall–Kier alpha value is -0.770. The van der Waals surface area contributed by atoms with Crippen LogP contribution in [-0.4, -0.2) is 0 Å². The van der Waals surface area contributed by atoms with Crippen LogP contribution in [0.5, 0.6) is 0 Å². The van der Waals surface area contributed by atoms with Crippen LogP contribution in [-0.2, 0) is 12.6 Å². The molecule has 0 aliphatic heterocycles. The smallest absolute Gasteiger partial charge is 0.166 e. The Balaban J connectivity index is 2.63. The van der Waals surface area contributed by atoms with Crippen LogP contribution < -0.4 is 0 Å². The fraction of sp³-hybridized carbons (Fsp3) is 0.200. The standard InChI is InChI=1S/C10H6BrF3/c11-7-4-6-2-1-3-8(6)9(5-7)10(12,13)14/h1-2,4-5H,3H2. The lowest BCUT2D eigenvalue weighted by molar-refractivity contribution is -0.138. The van der Waals surface area contributed by atoms with Gasteiger partial charge in [-0.15, -0.1) is 0 Å². The molecule has 74 valence electrons. The van der Waals surface area contributed by atoms with Crippen LogP contribution in [0.25, 0.3) is 6.08 Å². The van der Waals surface area contributed by atoms with Crippen LogP contribution in [0.2, 0.25) is 0 Å². The second kappa shape index (κ2) is 3.12. The largest absolute Gasteiger partial charge is 0.416 e. The summed E-state index contributed by atoms with van der Waals surface area (Å²) in [5.74, 6) is 0. The van der Waals surface area contributed by atoms with Gasteiger partial charge in [-0.05, 0) is 29.7 Å². The van der Waals surface area contributed by atoms with Gasteiger partial charge in [-0.2, -0.15) is 13.2 Å². The van der Waals surface area contributed by atoms with Gasteiger partial charge >= 0.3 is 6.18 Å². The highest BCUT2D eigenvalue weighted by Gasteiger charge is 2.34. The predicted molar refractivity (Wildman–Crippen MR) is 51.9 cm³/mol. The van der Waals surface area contributed by atoms with Gasteiger partial charge in [0.15, 0.2) is 0 Å². The summed E-state index contributed by atoms with van der Waals surface area (Å²) in [6.07, 6.45) is -0.432. The molecule has 0 nitrogen and oxygen atoms in total. The molecule has 0 aromatic heterocycles. The Morgan fingerprint density at radius 3 is 2.57 bits per heavy atom. The van der Waals surface area contributed by atoms with Crippen molar-refractivity contribution in [3.63, 3.8) is 0 Å². The molecular formula is C10H6BrF3. The molecule has 0 unspecified atom stereocenters. The van der Waals surface area contributed by atoms with Gasteiger partial charge in [0.1, 0.15) is 0 Å². The van der Waals surface area contributed by atoms with Crippen molar-refractivity contribution in [2.75, 3.05) is 0 Å². The Labute approximate surface area is 87.6 Å². The van der Waals surface area contributed by atoms with Crippen molar-refractivity contribution < 1.29 is 13.2 Å². The molecule has 0 spiro atoms. The lowest BCUT2D eigenvalue weighted by atomic mass is 10.0. The number of rotatable bonds is 0. The number of allylic oxidation sites excluding steroid dienone is 1. The molecule has 1 aliphatic carbocycles. The topological polar surface area (TPSA) is 0 Å². The van der Waals surface area contributed by atoms with Crippen LogP contribution in [0.15, 0.2) is 22.7 Å². The first-order valence-corrected chi connectivity index (χ1v) is 4.84. The molecule has 0 amide bonds. The third-order valence-corrected chi connectivity index (χ3v) is 2.63. The molecule has 2 rings (SSSR count). The van der Waals surface area contributed by atoms with E-state index in [9.17, 15) is 13.2 Å². The van der Waals surface area contributed by atoms with Crippen molar-refractivity contribution in [2.24, 2.45) is 0 Å². The molecular weight excluding hydrogens is 257 g/mol. The SMILES string of the molecule is FC(F)(F)c1cc(Br)cc2c1CC=C2. The molecule has 0 N–H and O–H groups in total. The van der Waals surface area contributed by atoms with Crippen LogP contribution in [0.4, 0.5) is 13.2 Å². The minimum Gasteiger partial charge on any atom is -0.166 e. The van der Waals surface area contributed by atoms with E-state index in [0.29, 0.717) is 22.0 Å². The highest BCUT2D eigenvalue weighted by Crippen LogP contribution is 2.38. The highest BCUT2D eigenvalue weighted by molar-refractivity contribution is 9.10. The average Bonchev–Trinajstić information content (AvgIpc) is 2.47. The molecule has 4 heteroatoms. The van der Waals surface area contributed by atoms with Crippen molar-refractivity contribution in [2.45, 2.75) is 12.6 Å². The highest BCUT2D eigenvalue weighted by atomic mass is 79.9. The van der Waals surface area contributed by atoms with E-state index in [1.807, 2.05) is 0 Å². The minimum atomic E-state index is -4.26. The molecule has 0 saturated heterocycles. The van der Waals surface area contributed by atoms with Gasteiger partial charge in [0, 0.05) is 4.47 Å². The maximum atomic E-state index is 12.6. The van der Waals surface area contributed by atoms with Crippen molar-refractivity contribution in [1.82, 2.24) is 0 Å². The molecule has 0 fully saturated rings. The Morgan fingerprint density at radius 1 is 1.21 bits per heavy atom. The summed E-state index contributed by atoms with van der Waals surface area (Å²) in [4.78, 5) is 0. The summed E-state index contributed by atoms with van der Waals surface area (Å²) in [6, 6.07) is 2.83. The molecule has 0 radical (unpaired) electrons. The fourth-order valence-electron chi connectivity index (χ4n) is 1.59. The van der Waals surface area contributed by atoms with Crippen molar-refractivity contribution >= 4 is 22.0 Å². The van der Waals surface area contributed by atoms with Gasteiger partial charge in [-0.3, -0.25) is 0 Å². The summed E-state index contributed by atoms with van der Waals surface area (Å²) >= 11 is 3.07. The zero-order chi connectivity index (χ0) is 10.3. The van der Waals surface area contributed by atoms with Crippen molar-refractivity contribution in [3.8, 4) is 0 Å². The average molecular weight is 263 g/mol. The predicted octanol–water partition coefficient (Wildman–Crippen LogP) is 4.04. The van der Waals surface area contributed by atoms with Gasteiger partial charge in [0.2, 0.25) is 0 Å². The monoisotopic (exact) mass is 262 g/mol. The first-order valence-electron chi connectivity index (χ1n) is 4.04. The van der Waals surface area contributed by atoms with Crippen molar-refractivity contribution in [3.05, 3.63) is 39.4 Å². The number of alkyl halides is 3. The molecule has 1 aromatic rings. The zero-order valence-electron chi connectivity index (χ0n) is 7.03. The Kier molecular flexibility index (Phi) is 2.18. The molecule has 0 atom stereocenters. The Bertz CT molecular complexity index is 405. The van der Waals surface area contributed by atoms with Gasteiger partial charge in [-0.1, -0.05) is 28.1 Å². The molecule has 1 aliphatic rings. The summed E-state index contributed by atoms with van der Waals surface area (Å²) < 4.78 is 38.2. The molecule has 0 saturated carbocycles. The number of halogens is 4. The lowest BCUT2D eigenvalue weighted by Gasteiger charge is -2.12. The van der Waals surface area contributed by atoms with Gasteiger partial charge < -0.3 is 0 Å². The normalized spacial score (nSPS) is 14.6. The second-order valence-electron chi connectivity index (χ2n) is 3.13. The first-order chi connectivity index (χ1) is 6.48. The van der Waals surface area contributed by atoms with E-state index in [2.05, 4.69) is 15.9 Å². The molecule has 0 heterocycles. The quantitative estimate of drug-likeness (QED) is 0.662. The summed E-state index contributed by atoms with van der Waals surface area (Å²) in [5.41, 5.74) is 0.499. The van der Waals surface area contributed by atoms with Crippen molar-refractivity contribution in [1.29, 1.82) is 0 Å². The van der Waals surface area contributed by atoms with Gasteiger partial charge in [0.25, 0.3) is 0 Å². The van der Waals surface area contributed by atoms with Crippen LogP contribution >= 0.6 is 15.9 Å². The van der Waals surface area contributed by atoms with E-state index < -0.39 is 11.7 Å². The third kappa shape index (κ3) is 1.59. The summed E-state index contributed by atoms with van der Waals surface area (Å²) in [5, 5.41) is 0. The van der Waals surface area contributed by atoms with Crippen LogP contribution in [0.3, 0.4) is 0 Å².